The Morgan fingerprint density at radius 1 is 1.00 bits per heavy atom. The zero-order valence-corrected chi connectivity index (χ0v) is 23.4. The predicted molar refractivity (Wildman–Crippen MR) is 158 cm³/mol. The minimum Gasteiger partial charge on any atom is -0.450 e. The van der Waals surface area contributed by atoms with Gasteiger partial charge in [-0.2, -0.15) is 5.10 Å². The number of morpholine rings is 1. The van der Waals surface area contributed by atoms with Crippen LogP contribution in [0.4, 0.5) is 26.9 Å². The summed E-state index contributed by atoms with van der Waals surface area (Å²) in [6.45, 7) is 6.08. The number of benzene rings is 1. The molecule has 3 amide bonds. The molecule has 0 atom stereocenters. The number of aromatic nitrogens is 5. The van der Waals surface area contributed by atoms with E-state index in [4.69, 9.17) is 24.5 Å². The highest BCUT2D eigenvalue weighted by molar-refractivity contribution is 5.99. The van der Waals surface area contributed by atoms with Crippen LogP contribution < -0.4 is 15.5 Å². The Morgan fingerprint density at radius 3 is 2.50 bits per heavy atom. The van der Waals surface area contributed by atoms with Gasteiger partial charge >= 0.3 is 12.1 Å². The quantitative estimate of drug-likeness (QED) is 0.349. The fraction of sp³-hybridized carbons (Fsp3) is 0.379. The second-order valence-corrected chi connectivity index (χ2v) is 10.1. The molecule has 0 bridgehead atoms. The summed E-state index contributed by atoms with van der Waals surface area (Å²) in [6, 6.07) is 12.4. The van der Waals surface area contributed by atoms with E-state index in [9.17, 15) is 9.59 Å². The first-order valence-electron chi connectivity index (χ1n) is 14.2. The molecule has 0 saturated carbocycles. The number of anilines is 3. The van der Waals surface area contributed by atoms with Crippen molar-refractivity contribution in [1.29, 1.82) is 0 Å². The molecule has 2 aliphatic rings. The van der Waals surface area contributed by atoms with Gasteiger partial charge in [0, 0.05) is 43.6 Å². The van der Waals surface area contributed by atoms with Crippen molar-refractivity contribution >= 4 is 40.5 Å². The van der Waals surface area contributed by atoms with E-state index in [0.29, 0.717) is 50.2 Å². The number of hydrogen-bond acceptors (Lipinski definition) is 9. The monoisotopic (exact) mass is 571 g/mol. The third-order valence-corrected chi connectivity index (χ3v) is 7.39. The summed E-state index contributed by atoms with van der Waals surface area (Å²) in [4.78, 5) is 42.7. The van der Waals surface area contributed by atoms with E-state index in [-0.39, 0.29) is 18.2 Å². The van der Waals surface area contributed by atoms with Crippen LogP contribution in [0.5, 0.6) is 0 Å². The molecule has 2 aliphatic heterocycles. The standard InChI is InChI=1S/C29H33N9O4/c1-2-42-29(40)37-13-10-22(11-14-37)38-27-23(19-31-38)26(36-15-17-41-18-16-36)34-25(35-27)20-6-8-21(9-7-20)32-28(39)33-24-5-3-4-12-30-24/h3-9,12,19,22H,2,10-11,13-18H2,1H3,(H2,30,32,33,39). The maximum Gasteiger partial charge on any atom is 0.409 e. The molecule has 0 aliphatic carbocycles. The molecule has 218 valence electrons. The Kier molecular flexibility index (Phi) is 8.08. The average Bonchev–Trinajstić information content (AvgIpc) is 3.46. The molecule has 6 rings (SSSR count). The van der Waals surface area contributed by atoms with Crippen molar-refractivity contribution in [2.45, 2.75) is 25.8 Å². The number of carbonyl (C=O) groups excluding carboxylic acids is 2. The van der Waals surface area contributed by atoms with E-state index in [2.05, 4.69) is 20.5 Å². The van der Waals surface area contributed by atoms with E-state index in [1.165, 1.54) is 0 Å². The molecule has 4 aromatic rings. The van der Waals surface area contributed by atoms with Crippen molar-refractivity contribution < 1.29 is 19.1 Å². The lowest BCUT2D eigenvalue weighted by Gasteiger charge is -2.31. The Hall–Kier alpha value is -4.78. The van der Waals surface area contributed by atoms with Crippen LogP contribution in [0.2, 0.25) is 0 Å². The normalized spacial score (nSPS) is 15.9. The van der Waals surface area contributed by atoms with Gasteiger partial charge in [0.05, 0.1) is 37.4 Å². The lowest BCUT2D eigenvalue weighted by Crippen LogP contribution is -2.39. The third-order valence-electron chi connectivity index (χ3n) is 7.39. The molecule has 1 aromatic carbocycles. The van der Waals surface area contributed by atoms with Crippen LogP contribution in [0.1, 0.15) is 25.8 Å². The third kappa shape index (κ3) is 5.96. The first-order valence-corrected chi connectivity index (χ1v) is 14.2. The van der Waals surface area contributed by atoms with Crippen molar-refractivity contribution in [3.05, 3.63) is 54.9 Å². The highest BCUT2D eigenvalue weighted by atomic mass is 16.6. The summed E-state index contributed by atoms with van der Waals surface area (Å²) in [7, 11) is 0. The van der Waals surface area contributed by atoms with Gasteiger partial charge in [0.1, 0.15) is 11.6 Å². The lowest BCUT2D eigenvalue weighted by molar-refractivity contribution is 0.0919. The fourth-order valence-corrected chi connectivity index (χ4v) is 5.25. The van der Waals surface area contributed by atoms with Crippen LogP contribution in [0, 0.1) is 0 Å². The molecule has 2 saturated heterocycles. The Morgan fingerprint density at radius 2 is 1.79 bits per heavy atom. The maximum absolute atomic E-state index is 12.4. The lowest BCUT2D eigenvalue weighted by atomic mass is 10.1. The summed E-state index contributed by atoms with van der Waals surface area (Å²) in [6.07, 6.45) is 4.69. The highest BCUT2D eigenvalue weighted by Gasteiger charge is 2.28. The van der Waals surface area contributed by atoms with Gasteiger partial charge in [-0.3, -0.25) is 5.32 Å². The largest absolute Gasteiger partial charge is 0.450 e. The molecular weight excluding hydrogens is 538 g/mol. The van der Waals surface area contributed by atoms with Crippen LogP contribution in [-0.4, -0.2) is 87.8 Å². The Labute approximate surface area is 242 Å². The summed E-state index contributed by atoms with van der Waals surface area (Å²) in [5, 5.41) is 11.2. The fourth-order valence-electron chi connectivity index (χ4n) is 5.25. The minimum absolute atomic E-state index is 0.0951. The van der Waals surface area contributed by atoms with E-state index >= 15 is 0 Å². The number of ether oxygens (including phenoxy) is 2. The number of carbonyl (C=O) groups is 2. The van der Waals surface area contributed by atoms with Gasteiger partial charge < -0.3 is 24.6 Å². The smallest absolute Gasteiger partial charge is 0.409 e. The first kappa shape index (κ1) is 27.4. The molecule has 13 nitrogen and oxygen atoms in total. The molecule has 0 unspecified atom stereocenters. The highest BCUT2D eigenvalue weighted by Crippen LogP contribution is 2.32. The van der Waals surface area contributed by atoms with Crippen LogP contribution in [-0.2, 0) is 9.47 Å². The molecule has 42 heavy (non-hydrogen) atoms. The Bertz CT molecular complexity index is 1530. The van der Waals surface area contributed by atoms with Crippen molar-refractivity contribution in [3.63, 3.8) is 0 Å². The number of rotatable bonds is 6. The molecule has 2 N–H and O–H groups in total. The topological polar surface area (TPSA) is 140 Å². The number of piperidine rings is 1. The van der Waals surface area contributed by atoms with Gasteiger partial charge in [0.2, 0.25) is 0 Å². The molecule has 5 heterocycles. The molecule has 13 heteroatoms. The van der Waals surface area contributed by atoms with Gasteiger partial charge in [0.15, 0.2) is 11.5 Å². The molecule has 2 fully saturated rings. The molecular formula is C29H33N9O4. The zero-order valence-electron chi connectivity index (χ0n) is 23.4. The van der Waals surface area contributed by atoms with E-state index in [0.717, 1.165) is 48.3 Å². The number of nitrogens with zero attached hydrogens (tertiary/aromatic N) is 7. The first-order chi connectivity index (χ1) is 20.6. The summed E-state index contributed by atoms with van der Waals surface area (Å²) >= 11 is 0. The number of likely N-dealkylation sites (tertiary alicyclic amines) is 1. The van der Waals surface area contributed by atoms with Gasteiger partial charge in [-0.1, -0.05) is 6.07 Å². The molecule has 0 radical (unpaired) electrons. The second-order valence-electron chi connectivity index (χ2n) is 10.1. The summed E-state index contributed by atoms with van der Waals surface area (Å²) in [5.41, 5.74) is 2.19. The predicted octanol–water partition coefficient (Wildman–Crippen LogP) is 4.16. The van der Waals surface area contributed by atoms with Crippen molar-refractivity contribution in [2.24, 2.45) is 0 Å². The van der Waals surface area contributed by atoms with Crippen molar-refractivity contribution in [1.82, 2.24) is 29.6 Å². The Balaban J connectivity index is 1.26. The number of fused-ring (bicyclic) bond motifs is 1. The van der Waals surface area contributed by atoms with Crippen LogP contribution in [0.3, 0.4) is 0 Å². The molecule has 3 aromatic heterocycles. The minimum atomic E-state index is -0.383. The van der Waals surface area contributed by atoms with Gasteiger partial charge in [-0.05, 0) is 56.2 Å². The van der Waals surface area contributed by atoms with E-state index < -0.39 is 0 Å². The second kappa shape index (κ2) is 12.4. The van der Waals surface area contributed by atoms with Crippen LogP contribution in [0.25, 0.3) is 22.4 Å². The van der Waals surface area contributed by atoms with Crippen molar-refractivity contribution in [2.75, 3.05) is 61.5 Å². The number of urea groups is 1. The number of pyridine rings is 1. The maximum atomic E-state index is 12.4. The van der Waals surface area contributed by atoms with Crippen molar-refractivity contribution in [3.8, 4) is 11.4 Å². The average molecular weight is 572 g/mol. The van der Waals surface area contributed by atoms with Gasteiger partial charge in [0.25, 0.3) is 0 Å². The summed E-state index contributed by atoms with van der Waals surface area (Å²) in [5.74, 6) is 1.86. The zero-order chi connectivity index (χ0) is 28.9. The van der Waals surface area contributed by atoms with E-state index in [1.807, 2.05) is 42.1 Å². The number of hydrogen-bond donors (Lipinski definition) is 2. The number of nitrogens with one attached hydrogen (secondary N) is 2. The van der Waals surface area contributed by atoms with Gasteiger partial charge in [-0.25, -0.2) is 29.2 Å². The summed E-state index contributed by atoms with van der Waals surface area (Å²) < 4.78 is 12.7. The SMILES string of the molecule is CCOC(=O)N1CCC(n2ncc3c(N4CCOCC4)nc(-c4ccc(NC(=O)Nc5ccccn5)cc4)nc32)CC1. The van der Waals surface area contributed by atoms with Gasteiger partial charge in [-0.15, -0.1) is 0 Å². The number of amides is 3. The molecule has 0 spiro atoms. The van der Waals surface area contributed by atoms with Crippen LogP contribution >= 0.6 is 0 Å². The van der Waals surface area contributed by atoms with Crippen LogP contribution in [0.15, 0.2) is 54.9 Å². The van der Waals surface area contributed by atoms with E-state index in [1.54, 1.807) is 29.3 Å².